The van der Waals surface area contributed by atoms with Crippen LogP contribution in [-0.4, -0.2) is 17.1 Å². The minimum Gasteiger partial charge on any atom is -0.386 e. The number of fused-ring (bicyclic) bond motifs is 1. The highest BCUT2D eigenvalue weighted by Gasteiger charge is 2.30. The molecule has 1 aromatic rings. The highest BCUT2D eigenvalue weighted by atomic mass is 16.3. The summed E-state index contributed by atoms with van der Waals surface area (Å²) in [6.45, 7) is 1.47. The lowest BCUT2D eigenvalue weighted by atomic mass is 10.1. The van der Waals surface area contributed by atoms with Crippen LogP contribution in [0.3, 0.4) is 0 Å². The van der Waals surface area contributed by atoms with Crippen LogP contribution >= 0.6 is 0 Å². The molecular weight excluding hydrogens is 178 g/mol. The zero-order chi connectivity index (χ0) is 10.1. The van der Waals surface area contributed by atoms with E-state index < -0.39 is 6.10 Å². The van der Waals surface area contributed by atoms with Crippen molar-refractivity contribution in [2.24, 2.45) is 0 Å². The lowest BCUT2D eigenvalue weighted by molar-refractivity contribution is -0.120. The van der Waals surface area contributed by atoms with Crippen molar-refractivity contribution in [2.75, 3.05) is 0 Å². The topological polar surface area (TPSA) is 49.3 Å². The molecule has 1 aliphatic rings. The van der Waals surface area contributed by atoms with Crippen molar-refractivity contribution >= 4 is 5.91 Å². The molecule has 0 aliphatic heterocycles. The second-order valence-electron chi connectivity index (χ2n) is 3.65. The van der Waals surface area contributed by atoms with Crippen molar-refractivity contribution in [1.29, 1.82) is 0 Å². The highest BCUT2D eigenvalue weighted by molar-refractivity contribution is 5.73. The Morgan fingerprint density at radius 2 is 2.21 bits per heavy atom. The number of hydrogen-bond acceptors (Lipinski definition) is 2. The first-order valence-electron chi connectivity index (χ1n) is 4.71. The molecule has 2 rings (SSSR count). The number of carbonyl (C=O) groups excluding carboxylic acids is 1. The van der Waals surface area contributed by atoms with Gasteiger partial charge in [0.2, 0.25) is 5.91 Å². The normalized spacial score (nSPS) is 24.4. The van der Waals surface area contributed by atoms with Crippen LogP contribution in [-0.2, 0) is 11.2 Å². The summed E-state index contributed by atoms with van der Waals surface area (Å²) in [4.78, 5) is 10.9. The third kappa shape index (κ3) is 1.51. The first-order chi connectivity index (χ1) is 6.68. The first-order valence-corrected chi connectivity index (χ1v) is 4.71. The molecule has 2 atom stereocenters. The van der Waals surface area contributed by atoms with Crippen LogP contribution in [0, 0.1) is 0 Å². The fourth-order valence-corrected chi connectivity index (χ4v) is 1.96. The van der Waals surface area contributed by atoms with Crippen LogP contribution in [0.5, 0.6) is 0 Å². The molecule has 1 amide bonds. The van der Waals surface area contributed by atoms with Crippen LogP contribution in [0.4, 0.5) is 0 Å². The molecule has 3 nitrogen and oxygen atoms in total. The molecule has 0 radical (unpaired) electrons. The van der Waals surface area contributed by atoms with Crippen LogP contribution in [0.1, 0.15) is 24.2 Å². The molecule has 1 aliphatic carbocycles. The number of hydrogen-bond donors (Lipinski definition) is 2. The van der Waals surface area contributed by atoms with E-state index in [1.54, 1.807) is 0 Å². The number of rotatable bonds is 1. The van der Waals surface area contributed by atoms with E-state index in [0.29, 0.717) is 0 Å². The maximum atomic E-state index is 10.9. The summed E-state index contributed by atoms with van der Waals surface area (Å²) in [5.74, 6) is -0.0955. The monoisotopic (exact) mass is 191 g/mol. The van der Waals surface area contributed by atoms with Crippen molar-refractivity contribution in [3.8, 4) is 0 Å². The Hall–Kier alpha value is -1.35. The Kier molecular flexibility index (Phi) is 2.25. The van der Waals surface area contributed by atoms with E-state index in [0.717, 1.165) is 17.5 Å². The predicted molar refractivity (Wildman–Crippen MR) is 52.7 cm³/mol. The zero-order valence-corrected chi connectivity index (χ0v) is 8.03. The number of amides is 1. The fraction of sp³-hybridized carbons (Fsp3) is 0.364. The summed E-state index contributed by atoms with van der Waals surface area (Å²) in [5, 5.41) is 12.6. The number of carbonyl (C=O) groups is 1. The Labute approximate surface area is 82.8 Å². The van der Waals surface area contributed by atoms with Gasteiger partial charge in [0.15, 0.2) is 0 Å². The number of aliphatic hydroxyl groups excluding tert-OH is 1. The average Bonchev–Trinajstić information content (AvgIpc) is 2.44. The smallest absolute Gasteiger partial charge is 0.217 e. The molecule has 0 aromatic heterocycles. The van der Waals surface area contributed by atoms with Crippen molar-refractivity contribution < 1.29 is 9.90 Å². The van der Waals surface area contributed by atoms with Crippen LogP contribution in [0.25, 0.3) is 0 Å². The van der Waals surface area contributed by atoms with Crippen molar-refractivity contribution in [3.05, 3.63) is 35.4 Å². The Morgan fingerprint density at radius 1 is 1.50 bits per heavy atom. The van der Waals surface area contributed by atoms with E-state index in [1.807, 2.05) is 24.3 Å². The average molecular weight is 191 g/mol. The molecule has 0 heterocycles. The van der Waals surface area contributed by atoms with Gasteiger partial charge in [0.25, 0.3) is 0 Å². The van der Waals surface area contributed by atoms with Gasteiger partial charge < -0.3 is 10.4 Å². The summed E-state index contributed by atoms with van der Waals surface area (Å²) >= 11 is 0. The summed E-state index contributed by atoms with van der Waals surface area (Å²) in [6.07, 6.45) is 0.159. The van der Waals surface area contributed by atoms with E-state index in [4.69, 9.17) is 0 Å². The van der Waals surface area contributed by atoms with Gasteiger partial charge >= 0.3 is 0 Å². The molecular formula is C11H13NO2. The molecule has 2 unspecified atom stereocenters. The summed E-state index contributed by atoms with van der Waals surface area (Å²) < 4.78 is 0. The van der Waals surface area contributed by atoms with E-state index in [2.05, 4.69) is 5.32 Å². The van der Waals surface area contributed by atoms with Crippen molar-refractivity contribution in [1.82, 2.24) is 5.32 Å². The molecule has 2 N–H and O–H groups in total. The molecule has 0 saturated heterocycles. The van der Waals surface area contributed by atoms with E-state index in [9.17, 15) is 9.90 Å². The Morgan fingerprint density at radius 3 is 2.86 bits per heavy atom. The van der Waals surface area contributed by atoms with Gasteiger partial charge in [0, 0.05) is 6.92 Å². The second kappa shape index (κ2) is 3.42. The second-order valence-corrected chi connectivity index (χ2v) is 3.65. The Bertz CT molecular complexity index is 362. The largest absolute Gasteiger partial charge is 0.386 e. The molecule has 1 aromatic carbocycles. The summed E-state index contributed by atoms with van der Waals surface area (Å²) in [5.41, 5.74) is 2.06. The van der Waals surface area contributed by atoms with Crippen LogP contribution in [0.15, 0.2) is 24.3 Å². The van der Waals surface area contributed by atoms with Gasteiger partial charge in [-0.1, -0.05) is 24.3 Å². The third-order valence-corrected chi connectivity index (χ3v) is 2.58. The number of benzene rings is 1. The molecule has 0 bridgehead atoms. The Balaban J connectivity index is 2.21. The number of nitrogens with one attached hydrogen (secondary N) is 1. The first kappa shape index (κ1) is 9.21. The van der Waals surface area contributed by atoms with E-state index >= 15 is 0 Å². The van der Waals surface area contributed by atoms with Crippen molar-refractivity contribution in [2.45, 2.75) is 25.5 Å². The lowest BCUT2D eigenvalue weighted by Crippen LogP contribution is -2.36. The third-order valence-electron chi connectivity index (χ3n) is 2.58. The molecule has 3 heteroatoms. The van der Waals surface area contributed by atoms with Gasteiger partial charge in [-0.05, 0) is 17.5 Å². The summed E-state index contributed by atoms with van der Waals surface area (Å²) in [6, 6.07) is 7.58. The minimum atomic E-state index is -0.560. The molecule has 0 saturated carbocycles. The maximum Gasteiger partial charge on any atom is 0.217 e. The van der Waals surface area contributed by atoms with Crippen molar-refractivity contribution in [3.63, 3.8) is 0 Å². The van der Waals surface area contributed by atoms with Gasteiger partial charge in [0.05, 0.1) is 12.1 Å². The van der Waals surface area contributed by atoms with Gasteiger partial charge in [-0.25, -0.2) is 0 Å². The minimum absolute atomic E-state index is 0.0955. The number of aliphatic hydroxyl groups is 1. The highest BCUT2D eigenvalue weighted by Crippen LogP contribution is 2.30. The molecule has 0 fully saturated rings. The van der Waals surface area contributed by atoms with Crippen LogP contribution < -0.4 is 5.32 Å². The van der Waals surface area contributed by atoms with Gasteiger partial charge in [-0.15, -0.1) is 0 Å². The standard InChI is InChI=1S/C11H13NO2/c1-7(13)12-10-6-8-4-2-3-5-9(8)11(10)14/h2-5,10-11,14H,6H2,1H3,(H,12,13). The molecule has 0 spiro atoms. The van der Waals surface area contributed by atoms with Gasteiger partial charge in [0.1, 0.15) is 0 Å². The van der Waals surface area contributed by atoms with Gasteiger partial charge in [-0.3, -0.25) is 4.79 Å². The summed E-state index contributed by atoms with van der Waals surface area (Å²) in [7, 11) is 0. The predicted octanol–water partition coefficient (Wildman–Crippen LogP) is 0.781. The molecule has 14 heavy (non-hydrogen) atoms. The van der Waals surface area contributed by atoms with Gasteiger partial charge in [-0.2, -0.15) is 0 Å². The quantitative estimate of drug-likeness (QED) is 0.689. The molecule has 74 valence electrons. The zero-order valence-electron chi connectivity index (χ0n) is 8.03. The van der Waals surface area contributed by atoms with Crippen LogP contribution in [0.2, 0.25) is 0 Å². The maximum absolute atomic E-state index is 10.9. The SMILES string of the molecule is CC(=O)NC1Cc2ccccc2C1O. The van der Waals surface area contributed by atoms with E-state index in [1.165, 1.54) is 6.92 Å². The fourth-order valence-electron chi connectivity index (χ4n) is 1.96. The van der Waals surface area contributed by atoms with E-state index in [-0.39, 0.29) is 11.9 Å². The lowest BCUT2D eigenvalue weighted by Gasteiger charge is -2.15.